The number of para-hydroxylation sites is 1. The minimum Gasteiger partial charge on any atom is -0.445 e. The van der Waals surface area contributed by atoms with E-state index in [0.717, 1.165) is 15.8 Å². The van der Waals surface area contributed by atoms with Crippen LogP contribution in [0, 0.1) is 12.8 Å². The van der Waals surface area contributed by atoms with E-state index in [2.05, 4.69) is 25.9 Å². The zero-order chi connectivity index (χ0) is 28.1. The van der Waals surface area contributed by atoms with Crippen molar-refractivity contribution >= 4 is 39.4 Å². The number of fused-ring (bicyclic) bond motifs is 1. The molecule has 0 saturated heterocycles. The normalized spacial score (nSPS) is 20.4. The molecule has 1 aliphatic carbocycles. The standard InChI is InChI=1S/C28H32N6O5S/c1-17-22(25-32-20-9-5-6-10-21(20)40-25)24(34-28(38)12-11-19(15-35)23(28)36)33-26(31-17)29-13-14-30-27(37)39-16-18-7-3-2-4-8-18/h2-10,19,23,35-36,38H,11-16H2,1H3,(H,30,37)(H2,29,31,33,34)/t19-,23-,28-/m1/s1. The van der Waals surface area contributed by atoms with Crippen molar-refractivity contribution < 1.29 is 24.9 Å². The van der Waals surface area contributed by atoms with Crippen molar-refractivity contribution in [1.82, 2.24) is 20.3 Å². The van der Waals surface area contributed by atoms with Gasteiger partial charge in [0.2, 0.25) is 5.95 Å². The van der Waals surface area contributed by atoms with E-state index in [1.165, 1.54) is 11.3 Å². The number of aromatic nitrogens is 3. The van der Waals surface area contributed by atoms with Crippen LogP contribution in [0.5, 0.6) is 0 Å². The van der Waals surface area contributed by atoms with Crippen molar-refractivity contribution in [3.63, 3.8) is 0 Å². The number of hydrogen-bond acceptors (Lipinski definition) is 11. The Morgan fingerprint density at radius 2 is 1.88 bits per heavy atom. The van der Waals surface area contributed by atoms with Gasteiger partial charge in [-0.05, 0) is 37.5 Å². The number of nitrogens with zero attached hydrogens (tertiary/aromatic N) is 3. The monoisotopic (exact) mass is 564 g/mol. The number of carbonyl (C=O) groups is 1. The lowest BCUT2D eigenvalue weighted by Gasteiger charge is -2.31. The number of thiazole rings is 1. The van der Waals surface area contributed by atoms with Gasteiger partial charge in [-0.25, -0.2) is 14.8 Å². The lowest BCUT2D eigenvalue weighted by molar-refractivity contribution is -0.0545. The maximum absolute atomic E-state index is 12.0. The molecule has 0 unspecified atom stereocenters. The van der Waals surface area contributed by atoms with Gasteiger partial charge in [-0.1, -0.05) is 42.5 Å². The van der Waals surface area contributed by atoms with Gasteiger partial charge in [-0.2, -0.15) is 4.98 Å². The van der Waals surface area contributed by atoms with E-state index in [1.807, 2.05) is 61.5 Å². The molecular weight excluding hydrogens is 532 g/mol. The first-order valence-electron chi connectivity index (χ1n) is 13.1. The molecule has 0 spiro atoms. The molecule has 1 amide bonds. The minimum absolute atomic E-state index is 0.177. The van der Waals surface area contributed by atoms with Crippen LogP contribution < -0.4 is 16.0 Å². The Kier molecular flexibility index (Phi) is 8.40. The number of carbonyl (C=O) groups excluding carboxylic acids is 1. The molecule has 5 rings (SSSR count). The highest BCUT2D eigenvalue weighted by atomic mass is 32.1. The topological polar surface area (TPSA) is 162 Å². The van der Waals surface area contributed by atoms with Crippen LogP contribution in [0.15, 0.2) is 54.6 Å². The van der Waals surface area contributed by atoms with E-state index in [0.29, 0.717) is 35.0 Å². The largest absolute Gasteiger partial charge is 0.445 e. The van der Waals surface area contributed by atoms with Crippen molar-refractivity contribution in [1.29, 1.82) is 0 Å². The van der Waals surface area contributed by atoms with Gasteiger partial charge < -0.3 is 36.0 Å². The summed E-state index contributed by atoms with van der Waals surface area (Å²) in [6, 6.07) is 17.2. The molecule has 6 N–H and O–H groups in total. The number of rotatable bonds is 10. The molecule has 210 valence electrons. The SMILES string of the molecule is Cc1nc(NCCNC(=O)OCc2ccccc2)nc(N[C@@]2(O)CC[C@H](CO)[C@H]2O)c1-c1nc2ccccc2s1. The molecule has 1 saturated carbocycles. The average Bonchev–Trinajstić information content (AvgIpc) is 3.50. The van der Waals surface area contributed by atoms with Crippen molar-refractivity contribution in [2.75, 3.05) is 30.3 Å². The van der Waals surface area contributed by atoms with Gasteiger partial charge in [0.1, 0.15) is 23.5 Å². The zero-order valence-electron chi connectivity index (χ0n) is 22.0. The molecule has 2 heterocycles. The van der Waals surface area contributed by atoms with Crippen molar-refractivity contribution in [3.05, 3.63) is 65.9 Å². The second-order valence-electron chi connectivity index (χ2n) is 9.73. The van der Waals surface area contributed by atoms with Crippen molar-refractivity contribution in [2.45, 2.75) is 38.2 Å². The number of ether oxygens (including phenoxy) is 1. The number of aryl methyl sites for hydroxylation is 1. The number of aliphatic hydroxyl groups excluding tert-OH is 2. The zero-order valence-corrected chi connectivity index (χ0v) is 22.8. The van der Waals surface area contributed by atoms with Gasteiger partial charge >= 0.3 is 6.09 Å². The summed E-state index contributed by atoms with van der Waals surface area (Å²) in [5.74, 6) is 0.139. The Hall–Kier alpha value is -3.84. The molecule has 11 nitrogen and oxygen atoms in total. The third kappa shape index (κ3) is 6.15. The molecule has 1 aliphatic rings. The Morgan fingerprint density at radius 1 is 1.10 bits per heavy atom. The van der Waals surface area contributed by atoms with Crippen molar-refractivity contribution in [3.8, 4) is 10.6 Å². The van der Waals surface area contributed by atoms with E-state index in [4.69, 9.17) is 9.72 Å². The van der Waals surface area contributed by atoms with Crippen LogP contribution in [0.25, 0.3) is 20.8 Å². The first-order chi connectivity index (χ1) is 19.4. The van der Waals surface area contributed by atoms with Gasteiger partial charge in [-0.15, -0.1) is 11.3 Å². The Bertz CT molecular complexity index is 1440. The second kappa shape index (κ2) is 12.1. The number of anilines is 2. The maximum Gasteiger partial charge on any atom is 0.407 e. The second-order valence-corrected chi connectivity index (χ2v) is 10.8. The summed E-state index contributed by atoms with van der Waals surface area (Å²) in [7, 11) is 0. The summed E-state index contributed by atoms with van der Waals surface area (Å²) in [6.45, 7) is 2.35. The molecule has 2 aromatic carbocycles. The van der Waals surface area contributed by atoms with Crippen LogP contribution in [0.1, 0.15) is 24.1 Å². The molecule has 0 radical (unpaired) electrons. The van der Waals surface area contributed by atoms with Crippen LogP contribution in [-0.4, -0.2) is 67.9 Å². The summed E-state index contributed by atoms with van der Waals surface area (Å²) in [5, 5.41) is 41.1. The van der Waals surface area contributed by atoms with Gasteiger partial charge in [0.15, 0.2) is 5.72 Å². The van der Waals surface area contributed by atoms with E-state index in [-0.39, 0.29) is 32.1 Å². The maximum atomic E-state index is 12.0. The van der Waals surface area contributed by atoms with Crippen LogP contribution in [0.3, 0.4) is 0 Å². The summed E-state index contributed by atoms with van der Waals surface area (Å²) in [6.07, 6.45) is -1.02. The molecule has 4 aromatic rings. The molecular formula is C28H32N6O5S. The first kappa shape index (κ1) is 27.7. The number of aliphatic hydroxyl groups is 3. The smallest absolute Gasteiger partial charge is 0.407 e. The number of hydrogen-bond donors (Lipinski definition) is 6. The Morgan fingerprint density at radius 3 is 2.62 bits per heavy atom. The number of benzene rings is 2. The third-order valence-electron chi connectivity index (χ3n) is 6.89. The third-order valence-corrected chi connectivity index (χ3v) is 7.94. The molecule has 40 heavy (non-hydrogen) atoms. The summed E-state index contributed by atoms with van der Waals surface area (Å²) < 4.78 is 6.22. The molecule has 12 heteroatoms. The predicted octanol–water partition coefficient (Wildman–Crippen LogP) is 3.26. The lowest BCUT2D eigenvalue weighted by Crippen LogP contribution is -2.48. The Labute approximate surface area is 235 Å². The summed E-state index contributed by atoms with van der Waals surface area (Å²) in [4.78, 5) is 26.0. The van der Waals surface area contributed by atoms with Crippen LogP contribution in [0.4, 0.5) is 16.6 Å². The summed E-state index contributed by atoms with van der Waals surface area (Å²) >= 11 is 1.48. The number of nitrogens with one attached hydrogen (secondary N) is 3. The lowest BCUT2D eigenvalue weighted by atomic mass is 10.0. The highest BCUT2D eigenvalue weighted by Gasteiger charge is 2.47. The molecule has 0 aliphatic heterocycles. The molecule has 3 atom stereocenters. The fraction of sp³-hybridized carbons (Fsp3) is 0.357. The van der Waals surface area contributed by atoms with Crippen LogP contribution in [0.2, 0.25) is 0 Å². The van der Waals surface area contributed by atoms with Gasteiger partial charge in [0, 0.05) is 25.6 Å². The molecule has 1 fully saturated rings. The highest BCUT2D eigenvalue weighted by molar-refractivity contribution is 7.21. The molecule has 0 bridgehead atoms. The highest BCUT2D eigenvalue weighted by Crippen LogP contribution is 2.40. The number of amides is 1. The summed E-state index contributed by atoms with van der Waals surface area (Å²) in [5.41, 5.74) is 1.28. The van der Waals surface area contributed by atoms with Gasteiger partial charge in [0.05, 0.1) is 21.5 Å². The fourth-order valence-electron chi connectivity index (χ4n) is 4.72. The molecule has 2 aromatic heterocycles. The minimum atomic E-state index is -1.68. The van der Waals surface area contributed by atoms with Gasteiger partial charge in [-0.3, -0.25) is 0 Å². The van der Waals surface area contributed by atoms with Crippen molar-refractivity contribution in [2.24, 2.45) is 5.92 Å². The number of alkyl carbamates (subject to hydrolysis) is 1. The van der Waals surface area contributed by atoms with Gasteiger partial charge in [0.25, 0.3) is 0 Å². The predicted molar refractivity (Wildman–Crippen MR) is 153 cm³/mol. The van der Waals surface area contributed by atoms with E-state index >= 15 is 0 Å². The van der Waals surface area contributed by atoms with Crippen LogP contribution in [-0.2, 0) is 11.3 Å². The quantitative estimate of drug-likeness (QED) is 0.125. The van der Waals surface area contributed by atoms with E-state index < -0.39 is 23.8 Å². The average molecular weight is 565 g/mol. The van der Waals surface area contributed by atoms with E-state index in [1.54, 1.807) is 0 Å². The fourth-order valence-corrected chi connectivity index (χ4v) is 5.79. The van der Waals surface area contributed by atoms with E-state index in [9.17, 15) is 20.1 Å². The van der Waals surface area contributed by atoms with Crippen LogP contribution >= 0.6 is 11.3 Å². The Balaban J connectivity index is 1.31. The first-order valence-corrected chi connectivity index (χ1v) is 13.9.